The zero-order chi connectivity index (χ0) is 13.8. The number of carbonyl (C=O) groups is 1. The molecule has 1 heterocycles. The van der Waals surface area contributed by atoms with Crippen LogP contribution in [0.15, 0.2) is 18.2 Å². The number of nitrogens with zero attached hydrogens (tertiary/aromatic N) is 1. The van der Waals surface area contributed by atoms with Crippen molar-refractivity contribution >= 4 is 17.3 Å². The van der Waals surface area contributed by atoms with Crippen molar-refractivity contribution in [3.05, 3.63) is 33.9 Å². The first-order valence-electron chi connectivity index (χ1n) is 5.94. The number of aromatic carboxylic acids is 1. The van der Waals surface area contributed by atoms with E-state index < -0.39 is 16.6 Å². The van der Waals surface area contributed by atoms with Gasteiger partial charge in [-0.15, -0.1) is 0 Å². The number of anilines is 1. The number of para-hydroxylation sites is 1. The molecular formula is C12H14N2O5. The average molecular weight is 266 g/mol. The topological polar surface area (TPSA) is 102 Å². The molecule has 0 aliphatic carbocycles. The van der Waals surface area contributed by atoms with E-state index in [1.807, 2.05) is 0 Å². The fraction of sp³-hybridized carbons (Fsp3) is 0.417. The number of rotatable bonds is 4. The molecule has 0 bridgehead atoms. The molecule has 0 aromatic heterocycles. The fourth-order valence-corrected chi connectivity index (χ4v) is 2.10. The average Bonchev–Trinajstić information content (AvgIpc) is 2.39. The Morgan fingerprint density at radius 1 is 1.53 bits per heavy atom. The van der Waals surface area contributed by atoms with Gasteiger partial charge in [0.15, 0.2) is 0 Å². The van der Waals surface area contributed by atoms with E-state index in [9.17, 15) is 14.9 Å². The molecule has 7 heteroatoms. The van der Waals surface area contributed by atoms with Crippen LogP contribution in [-0.4, -0.2) is 35.3 Å². The molecule has 1 unspecified atom stereocenters. The molecule has 1 fully saturated rings. The van der Waals surface area contributed by atoms with Crippen LogP contribution in [-0.2, 0) is 4.74 Å². The lowest BCUT2D eigenvalue weighted by Crippen LogP contribution is -2.30. The highest BCUT2D eigenvalue weighted by Gasteiger charge is 2.26. The smallest absolute Gasteiger partial charge is 0.342 e. The van der Waals surface area contributed by atoms with Crippen LogP contribution in [0.1, 0.15) is 23.2 Å². The van der Waals surface area contributed by atoms with Crippen molar-refractivity contribution in [1.29, 1.82) is 0 Å². The second kappa shape index (κ2) is 5.66. The number of nitro groups is 1. The Bertz CT molecular complexity index is 497. The Morgan fingerprint density at radius 3 is 2.89 bits per heavy atom. The van der Waals surface area contributed by atoms with E-state index >= 15 is 0 Å². The van der Waals surface area contributed by atoms with Crippen molar-refractivity contribution in [2.75, 3.05) is 18.5 Å². The first kappa shape index (κ1) is 13.3. The molecule has 1 aliphatic heterocycles. The number of hydrogen-bond donors (Lipinski definition) is 2. The number of carboxylic acids is 1. The Kier molecular flexibility index (Phi) is 3.96. The van der Waals surface area contributed by atoms with Crippen LogP contribution in [0.5, 0.6) is 0 Å². The first-order valence-corrected chi connectivity index (χ1v) is 5.94. The quantitative estimate of drug-likeness (QED) is 0.637. The minimum atomic E-state index is -1.31. The molecule has 0 saturated carbocycles. The van der Waals surface area contributed by atoms with Gasteiger partial charge in [0.25, 0.3) is 0 Å². The van der Waals surface area contributed by atoms with Crippen LogP contribution in [0.3, 0.4) is 0 Å². The standard InChI is InChI=1S/C12H14N2O5/c15-12(16)9-4-1-5-10(11(9)14(17)18)13-8-3-2-6-19-7-8/h1,4-5,8,13H,2-3,6-7H2,(H,15,16). The molecule has 1 aromatic rings. The molecule has 7 nitrogen and oxygen atoms in total. The van der Waals surface area contributed by atoms with Crippen molar-refractivity contribution in [2.45, 2.75) is 18.9 Å². The van der Waals surface area contributed by atoms with Crippen molar-refractivity contribution in [2.24, 2.45) is 0 Å². The largest absolute Gasteiger partial charge is 0.477 e. The summed E-state index contributed by atoms with van der Waals surface area (Å²) in [6.45, 7) is 1.16. The summed E-state index contributed by atoms with van der Waals surface area (Å²) in [5, 5.41) is 23.0. The van der Waals surface area contributed by atoms with E-state index in [0.717, 1.165) is 12.8 Å². The van der Waals surface area contributed by atoms with Gasteiger partial charge in [0.1, 0.15) is 11.3 Å². The maximum absolute atomic E-state index is 11.1. The molecular weight excluding hydrogens is 252 g/mol. The van der Waals surface area contributed by atoms with Gasteiger partial charge in [0.2, 0.25) is 0 Å². The molecule has 2 N–H and O–H groups in total. The number of nitrogens with one attached hydrogen (secondary N) is 1. The summed E-state index contributed by atoms with van der Waals surface area (Å²) in [7, 11) is 0. The van der Waals surface area contributed by atoms with Gasteiger partial charge in [-0.2, -0.15) is 0 Å². The van der Waals surface area contributed by atoms with Crippen LogP contribution in [0.25, 0.3) is 0 Å². The van der Waals surface area contributed by atoms with Gasteiger partial charge in [-0.05, 0) is 25.0 Å². The maximum atomic E-state index is 11.1. The lowest BCUT2D eigenvalue weighted by atomic mass is 10.1. The summed E-state index contributed by atoms with van der Waals surface area (Å²) < 4.78 is 5.28. The zero-order valence-electron chi connectivity index (χ0n) is 10.2. The molecule has 19 heavy (non-hydrogen) atoms. The van der Waals surface area contributed by atoms with Gasteiger partial charge in [-0.1, -0.05) is 6.07 Å². The lowest BCUT2D eigenvalue weighted by molar-refractivity contribution is -0.384. The highest BCUT2D eigenvalue weighted by molar-refractivity contribution is 5.95. The Morgan fingerprint density at radius 2 is 2.32 bits per heavy atom. The van der Waals surface area contributed by atoms with E-state index in [-0.39, 0.29) is 17.3 Å². The summed E-state index contributed by atoms with van der Waals surface area (Å²) in [5.41, 5.74) is -0.493. The number of ether oxygens (including phenoxy) is 1. The summed E-state index contributed by atoms with van der Waals surface area (Å²) in [6, 6.07) is 4.20. The SMILES string of the molecule is O=C(O)c1cccc(NC2CCCOC2)c1[N+](=O)[O-]. The van der Waals surface area contributed by atoms with E-state index in [2.05, 4.69) is 5.32 Å². The van der Waals surface area contributed by atoms with Crippen LogP contribution in [0.4, 0.5) is 11.4 Å². The minimum absolute atomic E-state index is 0.0310. The number of hydrogen-bond acceptors (Lipinski definition) is 5. The highest BCUT2D eigenvalue weighted by atomic mass is 16.6. The van der Waals surface area contributed by atoms with Crippen LogP contribution in [0.2, 0.25) is 0 Å². The third kappa shape index (κ3) is 3.00. The Balaban J connectivity index is 2.30. The number of nitro benzene ring substituents is 1. The van der Waals surface area contributed by atoms with Crippen molar-refractivity contribution in [3.63, 3.8) is 0 Å². The normalized spacial score (nSPS) is 18.8. The van der Waals surface area contributed by atoms with Gasteiger partial charge in [-0.25, -0.2) is 4.79 Å². The molecule has 0 spiro atoms. The van der Waals surface area contributed by atoms with Gasteiger partial charge in [0, 0.05) is 12.6 Å². The first-order chi connectivity index (χ1) is 9.09. The molecule has 0 amide bonds. The molecule has 1 aromatic carbocycles. The van der Waals surface area contributed by atoms with Crippen molar-refractivity contribution in [3.8, 4) is 0 Å². The van der Waals surface area contributed by atoms with E-state index in [1.54, 1.807) is 0 Å². The number of benzene rings is 1. The summed E-state index contributed by atoms with van der Waals surface area (Å²) in [4.78, 5) is 21.4. The van der Waals surface area contributed by atoms with Crippen LogP contribution < -0.4 is 5.32 Å². The van der Waals surface area contributed by atoms with Crippen molar-refractivity contribution in [1.82, 2.24) is 0 Å². The highest BCUT2D eigenvalue weighted by Crippen LogP contribution is 2.30. The van der Waals surface area contributed by atoms with E-state index in [0.29, 0.717) is 13.2 Å². The van der Waals surface area contributed by atoms with E-state index in [4.69, 9.17) is 9.84 Å². The van der Waals surface area contributed by atoms with Gasteiger partial charge in [0.05, 0.1) is 11.5 Å². The predicted molar refractivity (Wildman–Crippen MR) is 67.5 cm³/mol. The third-order valence-corrected chi connectivity index (χ3v) is 2.97. The van der Waals surface area contributed by atoms with Crippen LogP contribution >= 0.6 is 0 Å². The van der Waals surface area contributed by atoms with Gasteiger partial charge in [-0.3, -0.25) is 10.1 Å². The summed E-state index contributed by atoms with van der Waals surface area (Å²) in [6.07, 6.45) is 1.72. The van der Waals surface area contributed by atoms with Crippen molar-refractivity contribution < 1.29 is 19.6 Å². The molecule has 1 atom stereocenters. The molecule has 2 rings (SSSR count). The fourth-order valence-electron chi connectivity index (χ4n) is 2.10. The second-order valence-corrected chi connectivity index (χ2v) is 4.32. The Labute approximate surface area is 109 Å². The molecule has 1 aliphatic rings. The van der Waals surface area contributed by atoms with Crippen LogP contribution in [0, 0.1) is 10.1 Å². The lowest BCUT2D eigenvalue weighted by Gasteiger charge is -2.24. The zero-order valence-corrected chi connectivity index (χ0v) is 10.2. The predicted octanol–water partition coefficient (Wildman–Crippen LogP) is 1.88. The van der Waals surface area contributed by atoms with Gasteiger partial charge < -0.3 is 15.2 Å². The minimum Gasteiger partial charge on any atom is -0.477 e. The Hall–Kier alpha value is -2.15. The van der Waals surface area contributed by atoms with E-state index in [1.165, 1.54) is 18.2 Å². The molecule has 0 radical (unpaired) electrons. The summed E-state index contributed by atoms with van der Waals surface area (Å²) in [5.74, 6) is -1.31. The molecule has 102 valence electrons. The molecule has 1 saturated heterocycles. The third-order valence-electron chi connectivity index (χ3n) is 2.97. The monoisotopic (exact) mass is 266 g/mol. The van der Waals surface area contributed by atoms with Gasteiger partial charge >= 0.3 is 11.7 Å². The summed E-state index contributed by atoms with van der Waals surface area (Å²) >= 11 is 0. The second-order valence-electron chi connectivity index (χ2n) is 4.32. The maximum Gasteiger partial charge on any atom is 0.342 e. The number of carboxylic acid groups (broad SMARTS) is 1.